The molecule has 0 saturated carbocycles. The van der Waals surface area contributed by atoms with Crippen LogP contribution >= 0.6 is 23.2 Å². The third kappa shape index (κ3) is 3.94. The molecule has 12 heteroatoms. The van der Waals surface area contributed by atoms with Crippen molar-refractivity contribution in [3.63, 3.8) is 0 Å². The highest BCUT2D eigenvalue weighted by molar-refractivity contribution is 7.92. The van der Waals surface area contributed by atoms with E-state index >= 15 is 0 Å². The topological polar surface area (TPSA) is 136 Å². The number of nitrogens with zero attached hydrogens (tertiary/aromatic N) is 2. The van der Waals surface area contributed by atoms with Crippen LogP contribution in [0.3, 0.4) is 0 Å². The molecule has 1 heterocycles. The summed E-state index contributed by atoms with van der Waals surface area (Å²) >= 11 is 11.8. The van der Waals surface area contributed by atoms with Crippen molar-refractivity contribution < 1.29 is 27.0 Å². The zero-order valence-electron chi connectivity index (χ0n) is 15.2. The van der Waals surface area contributed by atoms with Gasteiger partial charge < -0.3 is 10.2 Å². The largest absolute Gasteiger partial charge is 0.393 e. The molecule has 2 atom stereocenters. The van der Waals surface area contributed by atoms with Crippen molar-refractivity contribution >= 4 is 43.1 Å². The van der Waals surface area contributed by atoms with Crippen molar-refractivity contribution in [1.29, 1.82) is 5.26 Å². The number of β-amino-alcohol motifs (C(OH)–C–C–N with tert-alkyl or cyclic N) is 1. The van der Waals surface area contributed by atoms with E-state index in [0.717, 1.165) is 10.4 Å². The number of halogens is 2. The van der Waals surface area contributed by atoms with E-state index in [-0.39, 0.29) is 20.4 Å². The van der Waals surface area contributed by atoms with Crippen molar-refractivity contribution in [2.24, 2.45) is 0 Å². The Kier molecular flexibility index (Phi) is 6.19. The molecule has 1 fully saturated rings. The van der Waals surface area contributed by atoms with Gasteiger partial charge in [-0.2, -0.15) is 9.57 Å². The average molecular weight is 491 g/mol. The van der Waals surface area contributed by atoms with Crippen molar-refractivity contribution in [1.82, 2.24) is 4.31 Å². The van der Waals surface area contributed by atoms with Crippen LogP contribution in [-0.2, 0) is 19.9 Å². The van der Waals surface area contributed by atoms with Crippen molar-refractivity contribution in [3.05, 3.63) is 58.1 Å². The molecule has 3 rings (SSSR count). The highest BCUT2D eigenvalue weighted by atomic mass is 35.5. The molecule has 8 nitrogen and oxygen atoms in total. The minimum atomic E-state index is -4.32. The van der Waals surface area contributed by atoms with E-state index in [9.17, 15) is 27.0 Å². The number of benzene rings is 2. The molecule has 160 valence electrons. The van der Waals surface area contributed by atoms with Crippen molar-refractivity contribution in [2.45, 2.75) is 20.6 Å². The number of sulfone groups is 1. The van der Waals surface area contributed by atoms with Gasteiger partial charge in [0.15, 0.2) is 9.84 Å². The van der Waals surface area contributed by atoms with Crippen LogP contribution in [-0.4, -0.2) is 61.9 Å². The molecule has 1 saturated heterocycles. The van der Waals surface area contributed by atoms with E-state index in [0.29, 0.717) is 5.02 Å². The predicted octanol–water partition coefficient (Wildman–Crippen LogP) is 1.44. The van der Waals surface area contributed by atoms with Gasteiger partial charge in [0.2, 0.25) is 10.0 Å². The molecule has 0 aliphatic carbocycles. The average Bonchev–Trinajstić information content (AvgIpc) is 3.08. The summed E-state index contributed by atoms with van der Waals surface area (Å²) in [6.07, 6.45) is 0. The van der Waals surface area contributed by atoms with Gasteiger partial charge in [-0.15, -0.1) is 0 Å². The SMILES string of the molecule is N#Cc1ccc(S(=O)(=O)N2C[C@H](S(=O)(=O)c3ccc(Cl)cc3)[C@@](O)(CO)C2)c(Cl)c1. The first kappa shape index (κ1) is 23.0. The van der Waals surface area contributed by atoms with Gasteiger partial charge in [-0.05, 0) is 42.5 Å². The summed E-state index contributed by atoms with van der Waals surface area (Å²) in [6.45, 7) is -2.22. The lowest BCUT2D eigenvalue weighted by Gasteiger charge is -2.26. The van der Waals surface area contributed by atoms with Crippen LogP contribution in [0.15, 0.2) is 52.3 Å². The highest BCUT2D eigenvalue weighted by Gasteiger charge is 2.55. The summed E-state index contributed by atoms with van der Waals surface area (Å²) in [5.74, 6) is 0. The zero-order valence-corrected chi connectivity index (χ0v) is 18.4. The fourth-order valence-corrected chi connectivity index (χ4v) is 7.46. The third-order valence-corrected chi connectivity index (χ3v) is 9.70. The maximum atomic E-state index is 13.1. The molecule has 2 aromatic rings. The van der Waals surface area contributed by atoms with Gasteiger partial charge in [-0.1, -0.05) is 23.2 Å². The van der Waals surface area contributed by atoms with Gasteiger partial charge >= 0.3 is 0 Å². The normalized spacial score (nSPS) is 22.7. The Morgan fingerprint density at radius 3 is 2.30 bits per heavy atom. The predicted molar refractivity (Wildman–Crippen MR) is 109 cm³/mol. The molecule has 0 bridgehead atoms. The first-order valence-electron chi connectivity index (χ1n) is 8.48. The van der Waals surface area contributed by atoms with Gasteiger partial charge in [-0.25, -0.2) is 16.8 Å². The van der Waals surface area contributed by atoms with Gasteiger partial charge in [0.1, 0.15) is 15.7 Å². The Labute approximate surface area is 183 Å². The Balaban J connectivity index is 2.02. The fraction of sp³-hybridized carbons (Fsp3) is 0.278. The first-order valence-corrected chi connectivity index (χ1v) is 12.2. The Morgan fingerprint density at radius 2 is 1.77 bits per heavy atom. The quantitative estimate of drug-likeness (QED) is 0.646. The van der Waals surface area contributed by atoms with E-state index in [1.165, 1.54) is 36.4 Å². The maximum absolute atomic E-state index is 13.1. The Morgan fingerprint density at radius 1 is 1.13 bits per heavy atom. The lowest BCUT2D eigenvalue weighted by molar-refractivity contribution is 0.00160. The molecule has 0 aromatic heterocycles. The van der Waals surface area contributed by atoms with E-state index in [1.54, 1.807) is 0 Å². The van der Waals surface area contributed by atoms with Gasteiger partial charge in [-0.3, -0.25) is 0 Å². The van der Waals surface area contributed by atoms with Crippen LogP contribution in [0.2, 0.25) is 10.0 Å². The van der Waals surface area contributed by atoms with Gasteiger partial charge in [0, 0.05) is 18.1 Å². The molecular formula is C18H16Cl2N2O6S2. The van der Waals surface area contributed by atoms with Crippen LogP contribution in [0.25, 0.3) is 0 Å². The minimum absolute atomic E-state index is 0.149. The minimum Gasteiger partial charge on any atom is -0.393 e. The Bertz CT molecular complexity index is 1230. The smallest absolute Gasteiger partial charge is 0.244 e. The molecule has 0 unspecified atom stereocenters. The van der Waals surface area contributed by atoms with E-state index in [2.05, 4.69) is 0 Å². The molecule has 0 radical (unpaired) electrons. The third-order valence-electron chi connectivity index (χ3n) is 4.89. The number of nitriles is 1. The monoisotopic (exact) mass is 490 g/mol. The second-order valence-electron chi connectivity index (χ2n) is 6.80. The van der Waals surface area contributed by atoms with Crippen LogP contribution in [0, 0.1) is 11.3 Å². The summed E-state index contributed by atoms with van der Waals surface area (Å²) in [5.41, 5.74) is -2.08. The number of sulfonamides is 1. The molecular weight excluding hydrogens is 475 g/mol. The fourth-order valence-electron chi connectivity index (χ4n) is 3.26. The summed E-state index contributed by atoms with van der Waals surface area (Å²) in [7, 11) is -8.54. The van der Waals surface area contributed by atoms with Crippen LogP contribution < -0.4 is 0 Å². The van der Waals surface area contributed by atoms with Crippen LogP contribution in [0.5, 0.6) is 0 Å². The summed E-state index contributed by atoms with van der Waals surface area (Å²) in [4.78, 5) is -0.507. The molecule has 2 N–H and O–H groups in total. The van der Waals surface area contributed by atoms with Crippen LogP contribution in [0.4, 0.5) is 0 Å². The number of rotatable bonds is 5. The van der Waals surface area contributed by atoms with Crippen LogP contribution in [0.1, 0.15) is 5.56 Å². The molecule has 1 aliphatic rings. The molecule has 0 spiro atoms. The van der Waals surface area contributed by atoms with Gasteiger partial charge in [0.05, 0.1) is 28.2 Å². The second kappa shape index (κ2) is 8.09. The maximum Gasteiger partial charge on any atom is 0.244 e. The molecule has 30 heavy (non-hydrogen) atoms. The lowest BCUT2D eigenvalue weighted by Crippen LogP contribution is -2.49. The Hall–Kier alpha value is -1.71. The van der Waals surface area contributed by atoms with Crippen molar-refractivity contribution in [2.75, 3.05) is 19.7 Å². The molecule has 1 aliphatic heterocycles. The molecule has 2 aromatic carbocycles. The summed E-state index contributed by atoms with van der Waals surface area (Å²) in [6, 6.07) is 10.6. The standard InChI is InChI=1S/C18H16Cl2N2O6S2/c19-13-2-4-14(5-3-13)29(25,26)17-9-22(10-18(17,24)11-23)30(27,28)16-6-1-12(8-21)7-15(16)20/h1-7,17,23-24H,9-11H2/t17-,18-/m0/s1. The summed E-state index contributed by atoms with van der Waals surface area (Å²) < 4.78 is 53.1. The zero-order chi connectivity index (χ0) is 22.3. The molecule has 0 amide bonds. The highest BCUT2D eigenvalue weighted by Crippen LogP contribution is 2.36. The number of hydrogen-bond donors (Lipinski definition) is 2. The van der Waals surface area contributed by atoms with E-state index in [4.69, 9.17) is 28.5 Å². The summed E-state index contributed by atoms with van der Waals surface area (Å²) in [5, 5.41) is 27.9. The first-order chi connectivity index (χ1) is 14.0. The van der Waals surface area contributed by atoms with E-state index < -0.39 is 50.4 Å². The number of aliphatic hydroxyl groups excluding tert-OH is 1. The second-order valence-corrected chi connectivity index (χ2v) is 11.7. The lowest BCUT2D eigenvalue weighted by atomic mass is 10.1. The van der Waals surface area contributed by atoms with Gasteiger partial charge in [0.25, 0.3) is 0 Å². The van der Waals surface area contributed by atoms with E-state index in [1.807, 2.05) is 6.07 Å². The number of hydrogen-bond acceptors (Lipinski definition) is 7. The van der Waals surface area contributed by atoms with Crippen molar-refractivity contribution in [3.8, 4) is 6.07 Å². The number of aliphatic hydroxyl groups is 2.